The van der Waals surface area contributed by atoms with E-state index in [2.05, 4.69) is 32.0 Å². The van der Waals surface area contributed by atoms with Gasteiger partial charge in [0.1, 0.15) is 5.69 Å². The number of halogens is 5. The van der Waals surface area contributed by atoms with Crippen molar-refractivity contribution in [3.05, 3.63) is 90.9 Å². The van der Waals surface area contributed by atoms with Crippen LogP contribution in [0.3, 0.4) is 0 Å². The Balaban J connectivity index is 1.63. The Morgan fingerprint density at radius 2 is 1.51 bits per heavy atom. The highest BCUT2D eigenvalue weighted by Crippen LogP contribution is 2.28. The first-order valence-electron chi connectivity index (χ1n) is 9.77. The van der Waals surface area contributed by atoms with Gasteiger partial charge in [-0.25, -0.2) is 4.68 Å². The van der Waals surface area contributed by atoms with Crippen molar-refractivity contribution < 1.29 is 14.4 Å². The Hall–Kier alpha value is -2.75. The largest absolute Gasteiger partial charge is 0.328 e. The van der Waals surface area contributed by atoms with Crippen LogP contribution in [0.1, 0.15) is 10.5 Å². The van der Waals surface area contributed by atoms with Crippen molar-refractivity contribution in [2.45, 2.75) is 0 Å². The molecule has 0 atom stereocenters. The van der Waals surface area contributed by atoms with Gasteiger partial charge >= 0.3 is 11.8 Å². The number of hydrogen-bond acceptors (Lipinski definition) is 3. The highest BCUT2D eigenvalue weighted by Gasteiger charge is 2.22. The molecule has 1 aromatic heterocycles. The van der Waals surface area contributed by atoms with Crippen LogP contribution < -0.4 is 16.1 Å². The summed E-state index contributed by atoms with van der Waals surface area (Å²) < 4.78 is 1.99. The summed E-state index contributed by atoms with van der Waals surface area (Å²) in [6.07, 6.45) is 0. The second-order valence-corrected chi connectivity index (χ2v) is 9.74. The molecular formula is C23H13BrCl4N4O3. The summed E-state index contributed by atoms with van der Waals surface area (Å²) >= 11 is 27.3. The molecule has 1 heterocycles. The lowest BCUT2D eigenvalue weighted by molar-refractivity contribution is -0.133. The van der Waals surface area contributed by atoms with E-state index in [9.17, 15) is 14.4 Å². The molecule has 7 nitrogen and oxygen atoms in total. The molecule has 12 heteroatoms. The average Bonchev–Trinajstić information content (AvgIpc) is 3.15. The Kier molecular flexibility index (Phi) is 7.59. The SMILES string of the molecule is O=C(Nc1ccc(Cl)cc1Cl)C(=O)Nn1c(C(=O)Nc2ccc(Cl)c(Cl)c2)cc2cc(Br)ccc21. The Morgan fingerprint density at radius 3 is 2.23 bits per heavy atom. The maximum Gasteiger partial charge on any atom is 0.328 e. The van der Waals surface area contributed by atoms with Crippen LogP contribution in [0.5, 0.6) is 0 Å². The molecule has 0 saturated heterocycles. The summed E-state index contributed by atoms with van der Waals surface area (Å²) in [5, 5.41) is 6.89. The molecule has 0 saturated carbocycles. The van der Waals surface area contributed by atoms with Gasteiger partial charge < -0.3 is 10.6 Å². The predicted molar refractivity (Wildman–Crippen MR) is 144 cm³/mol. The van der Waals surface area contributed by atoms with Crippen LogP contribution in [0.25, 0.3) is 10.9 Å². The Labute approximate surface area is 227 Å². The molecule has 0 spiro atoms. The number of carbonyl (C=O) groups is 3. The smallest absolute Gasteiger partial charge is 0.321 e. The highest BCUT2D eigenvalue weighted by atomic mass is 79.9. The number of carbonyl (C=O) groups excluding carboxylic acids is 3. The van der Waals surface area contributed by atoms with Crippen LogP contribution in [0.4, 0.5) is 11.4 Å². The number of benzene rings is 3. The third kappa shape index (κ3) is 5.74. The summed E-state index contributed by atoms with van der Waals surface area (Å²) in [6, 6.07) is 15.8. The third-order valence-corrected chi connectivity index (χ3v) is 6.55. The maximum atomic E-state index is 13.1. The molecule has 3 aromatic carbocycles. The fraction of sp³-hybridized carbons (Fsp3) is 0. The summed E-state index contributed by atoms with van der Waals surface area (Å²) in [5.74, 6) is -2.58. The van der Waals surface area contributed by atoms with Crippen LogP contribution in [-0.4, -0.2) is 22.4 Å². The molecule has 0 aliphatic carbocycles. The molecule has 0 aliphatic heterocycles. The van der Waals surface area contributed by atoms with E-state index < -0.39 is 17.7 Å². The van der Waals surface area contributed by atoms with Gasteiger partial charge in [0.15, 0.2) is 0 Å². The molecule has 0 radical (unpaired) electrons. The van der Waals surface area contributed by atoms with Crippen molar-refractivity contribution in [2.24, 2.45) is 0 Å². The van der Waals surface area contributed by atoms with E-state index in [0.717, 1.165) is 4.47 Å². The van der Waals surface area contributed by atoms with Gasteiger partial charge in [0.05, 0.1) is 26.3 Å². The molecule has 4 aromatic rings. The Morgan fingerprint density at radius 1 is 0.743 bits per heavy atom. The van der Waals surface area contributed by atoms with E-state index in [1.165, 1.54) is 28.9 Å². The van der Waals surface area contributed by atoms with Gasteiger partial charge in [-0.3, -0.25) is 19.8 Å². The van der Waals surface area contributed by atoms with Crippen molar-refractivity contribution in [3.8, 4) is 0 Å². The molecule has 4 rings (SSSR count). The zero-order valence-electron chi connectivity index (χ0n) is 17.3. The van der Waals surface area contributed by atoms with Gasteiger partial charge in [-0.15, -0.1) is 0 Å². The number of fused-ring (bicyclic) bond motifs is 1. The van der Waals surface area contributed by atoms with E-state index >= 15 is 0 Å². The van der Waals surface area contributed by atoms with Crippen molar-refractivity contribution in [1.29, 1.82) is 0 Å². The quantitative estimate of drug-likeness (QED) is 0.217. The first-order valence-corrected chi connectivity index (χ1v) is 12.1. The summed E-state index contributed by atoms with van der Waals surface area (Å²) in [5.41, 5.74) is 3.61. The van der Waals surface area contributed by atoms with Crippen LogP contribution in [0.2, 0.25) is 20.1 Å². The maximum absolute atomic E-state index is 13.1. The molecule has 3 amide bonds. The zero-order chi connectivity index (χ0) is 25.3. The minimum absolute atomic E-state index is 0.0647. The van der Waals surface area contributed by atoms with Crippen molar-refractivity contribution in [1.82, 2.24) is 4.68 Å². The van der Waals surface area contributed by atoms with Gasteiger partial charge in [-0.2, -0.15) is 0 Å². The normalized spacial score (nSPS) is 10.8. The first-order chi connectivity index (χ1) is 16.6. The second kappa shape index (κ2) is 10.5. The predicted octanol–water partition coefficient (Wildman–Crippen LogP) is 6.98. The van der Waals surface area contributed by atoms with Crippen molar-refractivity contribution in [3.63, 3.8) is 0 Å². The van der Waals surface area contributed by atoms with Crippen LogP contribution >= 0.6 is 62.3 Å². The van der Waals surface area contributed by atoms with Gasteiger partial charge in [0, 0.05) is 20.6 Å². The van der Waals surface area contributed by atoms with E-state index in [-0.39, 0.29) is 21.4 Å². The topological polar surface area (TPSA) is 92.2 Å². The highest BCUT2D eigenvalue weighted by molar-refractivity contribution is 9.10. The average molecular weight is 615 g/mol. The standard InChI is InChI=1S/C23H13BrCl4N4O3/c24-12-1-6-19-11(7-12)8-20(21(33)29-14-3-4-15(26)16(27)10-14)32(19)31-23(35)22(34)30-18-5-2-13(25)9-17(18)28/h1-10H,(H,29,33)(H,30,34)(H,31,35). The van der Waals surface area contributed by atoms with E-state index in [0.29, 0.717) is 26.6 Å². The molecule has 178 valence electrons. The number of anilines is 2. The summed E-state index contributed by atoms with van der Waals surface area (Å²) in [4.78, 5) is 38.4. The molecule has 0 fully saturated rings. The fourth-order valence-corrected chi connectivity index (χ4v) is 4.30. The van der Waals surface area contributed by atoms with E-state index in [4.69, 9.17) is 46.4 Å². The lowest BCUT2D eigenvalue weighted by atomic mass is 10.2. The Bertz CT molecular complexity index is 1510. The van der Waals surface area contributed by atoms with Crippen LogP contribution in [0, 0.1) is 0 Å². The lowest BCUT2D eigenvalue weighted by Gasteiger charge is -2.13. The fourth-order valence-electron chi connectivity index (χ4n) is 3.17. The van der Waals surface area contributed by atoms with E-state index in [1.807, 2.05) is 0 Å². The van der Waals surface area contributed by atoms with Crippen molar-refractivity contribution >= 4 is 102 Å². The zero-order valence-corrected chi connectivity index (χ0v) is 21.9. The molecule has 3 N–H and O–H groups in total. The van der Waals surface area contributed by atoms with Gasteiger partial charge in [0.2, 0.25) is 0 Å². The van der Waals surface area contributed by atoms with E-state index in [1.54, 1.807) is 36.4 Å². The molecule has 0 unspecified atom stereocenters. The minimum atomic E-state index is -1.03. The van der Waals surface area contributed by atoms with Crippen molar-refractivity contribution in [2.75, 3.05) is 16.1 Å². The number of aromatic nitrogens is 1. The van der Waals surface area contributed by atoms with Gasteiger partial charge in [-0.1, -0.05) is 62.3 Å². The summed E-state index contributed by atoms with van der Waals surface area (Å²) in [7, 11) is 0. The number of nitrogens with zero attached hydrogens (tertiary/aromatic N) is 1. The van der Waals surface area contributed by atoms with Crippen LogP contribution in [0.15, 0.2) is 65.1 Å². The number of rotatable bonds is 4. The first kappa shape index (κ1) is 25.3. The summed E-state index contributed by atoms with van der Waals surface area (Å²) in [6.45, 7) is 0. The molecule has 0 bridgehead atoms. The monoisotopic (exact) mass is 612 g/mol. The minimum Gasteiger partial charge on any atom is -0.321 e. The second-order valence-electron chi connectivity index (χ2n) is 7.17. The molecular weight excluding hydrogens is 602 g/mol. The number of hydrogen-bond donors (Lipinski definition) is 3. The van der Waals surface area contributed by atoms with Gasteiger partial charge in [0.25, 0.3) is 5.91 Å². The third-order valence-electron chi connectivity index (χ3n) is 4.77. The number of amides is 3. The lowest BCUT2D eigenvalue weighted by Crippen LogP contribution is -2.36. The number of nitrogens with one attached hydrogen (secondary N) is 3. The van der Waals surface area contributed by atoms with Crippen LogP contribution in [-0.2, 0) is 9.59 Å². The molecule has 0 aliphatic rings. The van der Waals surface area contributed by atoms with Gasteiger partial charge in [-0.05, 0) is 60.7 Å². The molecule has 35 heavy (non-hydrogen) atoms.